The number of carboxylic acids is 1. The molecule has 158 valence electrons. The maximum atomic E-state index is 13.1. The summed E-state index contributed by atoms with van der Waals surface area (Å²) in [4.78, 5) is 24.2. The quantitative estimate of drug-likeness (QED) is 0.288. The molecule has 4 rings (SSSR count). The van der Waals surface area contributed by atoms with Crippen LogP contribution in [-0.4, -0.2) is 16.9 Å². The smallest absolute Gasteiger partial charge is 0.335 e. The number of carbonyl (C=O) groups is 2. The van der Waals surface area contributed by atoms with Gasteiger partial charge in [0.1, 0.15) is 23.0 Å². The molecule has 4 aromatic carbocycles. The van der Waals surface area contributed by atoms with E-state index in [1.165, 1.54) is 12.1 Å². The van der Waals surface area contributed by atoms with Crippen LogP contribution >= 0.6 is 0 Å². The molecule has 0 unspecified atom stereocenters. The molecular weight excluding hydrogens is 406 g/mol. The second-order valence-electron chi connectivity index (χ2n) is 6.92. The Bertz CT molecular complexity index is 1280. The minimum Gasteiger partial charge on any atom is -0.478 e. The van der Waals surface area contributed by atoms with Gasteiger partial charge in [-0.1, -0.05) is 30.3 Å². The normalized spacial score (nSPS) is 10.4. The van der Waals surface area contributed by atoms with E-state index in [-0.39, 0.29) is 11.3 Å². The van der Waals surface area contributed by atoms with E-state index in [9.17, 15) is 9.59 Å². The molecule has 0 bridgehead atoms. The maximum absolute atomic E-state index is 13.1. The van der Waals surface area contributed by atoms with Crippen LogP contribution in [0.3, 0.4) is 0 Å². The van der Waals surface area contributed by atoms with Gasteiger partial charge < -0.3 is 20.3 Å². The van der Waals surface area contributed by atoms with Crippen LogP contribution in [0.2, 0.25) is 0 Å². The molecule has 0 heterocycles. The summed E-state index contributed by atoms with van der Waals surface area (Å²) in [5, 5.41) is 9.10. The fourth-order valence-electron chi connectivity index (χ4n) is 3.09. The summed E-state index contributed by atoms with van der Waals surface area (Å²) in [7, 11) is 0. The van der Waals surface area contributed by atoms with Gasteiger partial charge in [-0.15, -0.1) is 0 Å². The number of ether oxygens (including phenoxy) is 2. The molecule has 32 heavy (non-hydrogen) atoms. The van der Waals surface area contributed by atoms with E-state index in [2.05, 4.69) is 0 Å². The minimum absolute atomic E-state index is 0.130. The van der Waals surface area contributed by atoms with E-state index in [1.54, 1.807) is 84.9 Å². The van der Waals surface area contributed by atoms with Gasteiger partial charge in [0, 0.05) is 5.56 Å². The van der Waals surface area contributed by atoms with Gasteiger partial charge >= 0.3 is 5.97 Å². The summed E-state index contributed by atoms with van der Waals surface area (Å²) in [6.45, 7) is 0. The lowest BCUT2D eigenvalue weighted by molar-refractivity contribution is 0.0696. The molecular formula is C26H19NO5. The number of hydrogen-bond acceptors (Lipinski definition) is 5. The first-order valence-corrected chi connectivity index (χ1v) is 9.78. The number of benzene rings is 4. The second kappa shape index (κ2) is 9.06. The predicted molar refractivity (Wildman–Crippen MR) is 121 cm³/mol. The maximum Gasteiger partial charge on any atom is 0.335 e. The molecule has 6 nitrogen and oxygen atoms in total. The predicted octanol–water partition coefficient (Wildman–Crippen LogP) is 5.78. The molecule has 0 saturated heterocycles. The summed E-state index contributed by atoms with van der Waals surface area (Å²) in [5.74, 6) is 0.499. The topological polar surface area (TPSA) is 98.9 Å². The van der Waals surface area contributed by atoms with Crippen LogP contribution < -0.4 is 15.2 Å². The standard InChI is InChI=1S/C26H19NO5/c27-22-9-2-4-11-24(22)32-23-10-3-1-8-21(23)25(28)17-12-14-19(15-13-17)31-20-7-5-6-18(16-20)26(29)30/h1-16H,27H2,(H,29,30). The summed E-state index contributed by atoms with van der Waals surface area (Å²) in [6.07, 6.45) is 0. The van der Waals surface area contributed by atoms with Gasteiger partial charge in [0.05, 0.1) is 16.8 Å². The molecule has 0 aliphatic carbocycles. The van der Waals surface area contributed by atoms with E-state index in [0.29, 0.717) is 39.8 Å². The molecule has 0 aliphatic heterocycles. The van der Waals surface area contributed by atoms with Crippen molar-refractivity contribution in [3.05, 3.63) is 114 Å². The van der Waals surface area contributed by atoms with Crippen molar-refractivity contribution in [1.29, 1.82) is 0 Å². The number of para-hydroxylation sites is 3. The van der Waals surface area contributed by atoms with Crippen LogP contribution in [0.5, 0.6) is 23.0 Å². The Labute approximate surface area is 184 Å². The minimum atomic E-state index is -1.03. The first-order chi connectivity index (χ1) is 15.5. The summed E-state index contributed by atoms with van der Waals surface area (Å²) in [5.41, 5.74) is 7.41. The number of rotatable bonds is 7. The van der Waals surface area contributed by atoms with Gasteiger partial charge in [-0.05, 0) is 66.7 Å². The average molecular weight is 425 g/mol. The van der Waals surface area contributed by atoms with Crippen molar-refractivity contribution < 1.29 is 24.2 Å². The SMILES string of the molecule is Nc1ccccc1Oc1ccccc1C(=O)c1ccc(Oc2cccc(C(=O)O)c2)cc1. The highest BCUT2D eigenvalue weighted by Crippen LogP contribution is 2.31. The zero-order chi connectivity index (χ0) is 22.5. The van der Waals surface area contributed by atoms with Crippen LogP contribution in [0.25, 0.3) is 0 Å². The van der Waals surface area contributed by atoms with Gasteiger partial charge in [0.15, 0.2) is 5.78 Å². The molecule has 0 atom stereocenters. The first kappa shape index (κ1) is 20.7. The van der Waals surface area contributed by atoms with Crippen molar-refractivity contribution >= 4 is 17.4 Å². The number of anilines is 1. The van der Waals surface area contributed by atoms with Crippen LogP contribution in [0.15, 0.2) is 97.1 Å². The van der Waals surface area contributed by atoms with Crippen molar-refractivity contribution in [2.75, 3.05) is 5.73 Å². The molecule has 0 spiro atoms. The number of aromatic carboxylic acids is 1. The molecule has 0 radical (unpaired) electrons. The van der Waals surface area contributed by atoms with Gasteiger partial charge in [-0.2, -0.15) is 0 Å². The molecule has 0 amide bonds. The van der Waals surface area contributed by atoms with Crippen LogP contribution in [0.1, 0.15) is 26.3 Å². The molecule has 0 fully saturated rings. The highest BCUT2D eigenvalue weighted by Gasteiger charge is 2.16. The Morgan fingerprint density at radius 3 is 2.06 bits per heavy atom. The van der Waals surface area contributed by atoms with Crippen LogP contribution in [0.4, 0.5) is 5.69 Å². The number of ketones is 1. The lowest BCUT2D eigenvalue weighted by Gasteiger charge is -2.12. The molecule has 0 saturated carbocycles. The highest BCUT2D eigenvalue weighted by atomic mass is 16.5. The lowest BCUT2D eigenvalue weighted by atomic mass is 10.0. The Morgan fingerprint density at radius 2 is 1.34 bits per heavy atom. The van der Waals surface area contributed by atoms with E-state index < -0.39 is 5.97 Å². The van der Waals surface area contributed by atoms with Gasteiger partial charge in [-0.25, -0.2) is 4.79 Å². The van der Waals surface area contributed by atoms with Crippen LogP contribution in [-0.2, 0) is 0 Å². The molecule has 0 aromatic heterocycles. The van der Waals surface area contributed by atoms with E-state index in [0.717, 1.165) is 0 Å². The summed E-state index contributed by atoms with van der Waals surface area (Å²) >= 11 is 0. The molecule has 6 heteroatoms. The first-order valence-electron chi connectivity index (χ1n) is 9.78. The zero-order valence-corrected chi connectivity index (χ0v) is 16.9. The average Bonchev–Trinajstić information content (AvgIpc) is 2.81. The van der Waals surface area contributed by atoms with E-state index >= 15 is 0 Å². The number of hydrogen-bond donors (Lipinski definition) is 2. The van der Waals surface area contributed by atoms with Crippen molar-refractivity contribution in [3.63, 3.8) is 0 Å². The van der Waals surface area contributed by atoms with Crippen molar-refractivity contribution in [1.82, 2.24) is 0 Å². The Morgan fingerprint density at radius 1 is 0.656 bits per heavy atom. The summed E-state index contributed by atoms with van der Waals surface area (Å²) in [6, 6.07) is 26.8. The van der Waals surface area contributed by atoms with Crippen molar-refractivity contribution in [2.24, 2.45) is 0 Å². The number of nitrogens with two attached hydrogens (primary N) is 1. The van der Waals surface area contributed by atoms with Crippen molar-refractivity contribution in [2.45, 2.75) is 0 Å². The Balaban J connectivity index is 1.54. The third-order valence-corrected chi connectivity index (χ3v) is 4.70. The monoisotopic (exact) mass is 425 g/mol. The lowest BCUT2D eigenvalue weighted by Crippen LogP contribution is -2.04. The fraction of sp³-hybridized carbons (Fsp3) is 0. The van der Waals surface area contributed by atoms with Gasteiger partial charge in [0.2, 0.25) is 0 Å². The van der Waals surface area contributed by atoms with E-state index in [1.807, 2.05) is 0 Å². The molecule has 4 aromatic rings. The Hall–Kier alpha value is -4.58. The Kier molecular flexibility index (Phi) is 5.85. The third kappa shape index (κ3) is 4.60. The largest absolute Gasteiger partial charge is 0.478 e. The van der Waals surface area contributed by atoms with Gasteiger partial charge in [0.25, 0.3) is 0 Å². The van der Waals surface area contributed by atoms with E-state index in [4.69, 9.17) is 20.3 Å². The summed E-state index contributed by atoms with van der Waals surface area (Å²) < 4.78 is 11.6. The second-order valence-corrected chi connectivity index (χ2v) is 6.92. The molecule has 3 N–H and O–H groups in total. The number of carboxylic acid groups (broad SMARTS) is 1. The van der Waals surface area contributed by atoms with Gasteiger partial charge in [-0.3, -0.25) is 4.79 Å². The third-order valence-electron chi connectivity index (χ3n) is 4.70. The fourth-order valence-corrected chi connectivity index (χ4v) is 3.09. The molecule has 0 aliphatic rings. The zero-order valence-electron chi connectivity index (χ0n) is 16.9. The highest BCUT2D eigenvalue weighted by molar-refractivity contribution is 6.10. The van der Waals surface area contributed by atoms with Crippen LogP contribution in [0, 0.1) is 0 Å². The number of nitrogen functional groups attached to an aromatic ring is 1. The number of carbonyl (C=O) groups excluding carboxylic acids is 1. The van der Waals surface area contributed by atoms with Crippen molar-refractivity contribution in [3.8, 4) is 23.0 Å².